The van der Waals surface area contributed by atoms with Gasteiger partial charge in [-0.1, -0.05) is 53.8 Å². The van der Waals surface area contributed by atoms with Crippen molar-refractivity contribution in [2.24, 2.45) is 0 Å². The van der Waals surface area contributed by atoms with Crippen LogP contribution in [-0.4, -0.2) is 16.1 Å². The molecule has 22 heavy (non-hydrogen) atoms. The van der Waals surface area contributed by atoms with Gasteiger partial charge >= 0.3 is 0 Å². The second kappa shape index (κ2) is 5.41. The Kier molecular flexibility index (Phi) is 3.39. The first kappa shape index (κ1) is 13.8. The Bertz CT molecular complexity index is 798. The van der Waals surface area contributed by atoms with Gasteiger partial charge in [-0.3, -0.25) is 9.69 Å². The van der Waals surface area contributed by atoms with Crippen molar-refractivity contribution < 1.29 is 4.79 Å². The van der Waals surface area contributed by atoms with Crippen molar-refractivity contribution in [3.8, 4) is 0 Å². The highest BCUT2D eigenvalue weighted by molar-refractivity contribution is 8.01. The molecule has 2 atom stereocenters. The van der Waals surface area contributed by atoms with Crippen LogP contribution in [0, 0.1) is 0 Å². The van der Waals surface area contributed by atoms with Gasteiger partial charge in [0.1, 0.15) is 5.37 Å². The summed E-state index contributed by atoms with van der Waals surface area (Å²) in [6.07, 6.45) is 0. The van der Waals surface area contributed by atoms with Crippen LogP contribution >= 0.6 is 23.1 Å². The molecule has 1 fully saturated rings. The Morgan fingerprint density at radius 3 is 2.55 bits per heavy atom. The Labute approximate surface area is 137 Å². The van der Waals surface area contributed by atoms with Crippen LogP contribution in [0.3, 0.4) is 0 Å². The summed E-state index contributed by atoms with van der Waals surface area (Å²) >= 11 is 3.26. The normalized spacial score (nSPS) is 21.7. The molecule has 1 amide bonds. The minimum Gasteiger partial charge on any atom is -0.273 e. The van der Waals surface area contributed by atoms with Crippen molar-refractivity contribution in [3.63, 3.8) is 0 Å². The predicted octanol–water partition coefficient (Wildman–Crippen LogP) is 4.46. The molecule has 0 aliphatic carbocycles. The van der Waals surface area contributed by atoms with Crippen molar-refractivity contribution in [2.75, 3.05) is 4.90 Å². The molecule has 5 heteroatoms. The molecule has 0 spiro atoms. The van der Waals surface area contributed by atoms with Gasteiger partial charge in [-0.05, 0) is 24.6 Å². The fourth-order valence-electron chi connectivity index (χ4n) is 2.63. The zero-order chi connectivity index (χ0) is 15.1. The van der Waals surface area contributed by atoms with Gasteiger partial charge in [-0.2, -0.15) is 0 Å². The van der Waals surface area contributed by atoms with E-state index in [9.17, 15) is 4.79 Å². The summed E-state index contributed by atoms with van der Waals surface area (Å²) in [6, 6.07) is 18.2. The largest absolute Gasteiger partial charge is 0.273 e. The number of anilines is 1. The van der Waals surface area contributed by atoms with Crippen LogP contribution in [0.5, 0.6) is 0 Å². The van der Waals surface area contributed by atoms with Crippen LogP contribution in [0.1, 0.15) is 17.9 Å². The molecular formula is C17H14N2OS2. The molecule has 0 radical (unpaired) electrons. The molecule has 1 aromatic heterocycles. The summed E-state index contributed by atoms with van der Waals surface area (Å²) in [5, 5.41) is 0.749. The molecule has 4 rings (SSSR count). The molecule has 2 heterocycles. The summed E-state index contributed by atoms with van der Waals surface area (Å²) in [5.41, 5.74) is 2.09. The highest BCUT2D eigenvalue weighted by Gasteiger charge is 2.40. The predicted molar refractivity (Wildman–Crippen MR) is 93.3 cm³/mol. The van der Waals surface area contributed by atoms with Gasteiger partial charge in [-0.25, -0.2) is 4.98 Å². The van der Waals surface area contributed by atoms with Gasteiger partial charge < -0.3 is 0 Å². The fourth-order valence-corrected chi connectivity index (χ4v) is 4.95. The number of carbonyl (C=O) groups excluding carboxylic acids is 1. The number of rotatable bonds is 2. The lowest BCUT2D eigenvalue weighted by molar-refractivity contribution is -0.117. The van der Waals surface area contributed by atoms with E-state index in [4.69, 9.17) is 0 Å². The zero-order valence-corrected chi connectivity index (χ0v) is 13.6. The van der Waals surface area contributed by atoms with E-state index in [2.05, 4.69) is 17.1 Å². The molecule has 3 aromatic rings. The number of carbonyl (C=O) groups is 1. The van der Waals surface area contributed by atoms with Gasteiger partial charge in [0, 0.05) is 0 Å². The van der Waals surface area contributed by atoms with Gasteiger partial charge in [0.2, 0.25) is 5.91 Å². The topological polar surface area (TPSA) is 33.2 Å². The van der Waals surface area contributed by atoms with E-state index < -0.39 is 0 Å². The van der Waals surface area contributed by atoms with E-state index >= 15 is 0 Å². The van der Waals surface area contributed by atoms with E-state index in [0.29, 0.717) is 0 Å². The minimum absolute atomic E-state index is 0.00395. The third kappa shape index (κ3) is 2.21. The van der Waals surface area contributed by atoms with E-state index in [-0.39, 0.29) is 16.5 Å². The number of amides is 1. The number of thiazole rings is 1. The molecule has 0 bridgehead atoms. The maximum atomic E-state index is 12.6. The molecule has 1 aliphatic rings. The Hall–Kier alpha value is -1.85. The molecule has 110 valence electrons. The average molecular weight is 326 g/mol. The molecule has 2 aromatic carbocycles. The van der Waals surface area contributed by atoms with Crippen LogP contribution in [0.2, 0.25) is 0 Å². The quantitative estimate of drug-likeness (QED) is 0.697. The van der Waals surface area contributed by atoms with Crippen LogP contribution < -0.4 is 4.90 Å². The minimum atomic E-state index is -0.0442. The molecule has 2 unspecified atom stereocenters. The first-order chi connectivity index (χ1) is 10.7. The number of benzene rings is 2. The zero-order valence-electron chi connectivity index (χ0n) is 12.0. The van der Waals surface area contributed by atoms with E-state index in [1.54, 1.807) is 23.1 Å². The third-order valence-electron chi connectivity index (χ3n) is 3.73. The van der Waals surface area contributed by atoms with Crippen molar-refractivity contribution in [3.05, 3.63) is 60.2 Å². The lowest BCUT2D eigenvalue weighted by Crippen LogP contribution is -2.29. The molecule has 0 saturated carbocycles. The van der Waals surface area contributed by atoms with Gasteiger partial charge in [0.05, 0.1) is 15.5 Å². The number of aromatic nitrogens is 1. The summed E-state index contributed by atoms with van der Waals surface area (Å²) in [6.45, 7) is 1.97. The SMILES string of the molecule is CC1SC(c2ccccc2)N(c2nc3ccccc3s2)C1=O. The number of hydrogen-bond acceptors (Lipinski definition) is 4. The highest BCUT2D eigenvalue weighted by atomic mass is 32.2. The van der Waals surface area contributed by atoms with Gasteiger partial charge in [0.25, 0.3) is 0 Å². The average Bonchev–Trinajstić information content (AvgIpc) is 3.09. The smallest absolute Gasteiger partial charge is 0.242 e. The van der Waals surface area contributed by atoms with Crippen molar-refractivity contribution in [1.82, 2.24) is 4.98 Å². The fraction of sp³-hybridized carbons (Fsp3) is 0.176. The van der Waals surface area contributed by atoms with Crippen molar-refractivity contribution in [1.29, 1.82) is 0 Å². The standard InChI is InChI=1S/C17H14N2OS2/c1-11-15(20)19(16(21-11)12-7-3-2-4-8-12)17-18-13-9-5-6-10-14(13)22-17/h2-11,16H,1H3. The Morgan fingerprint density at radius 2 is 1.77 bits per heavy atom. The van der Waals surface area contributed by atoms with Crippen molar-refractivity contribution in [2.45, 2.75) is 17.5 Å². The summed E-state index contributed by atoms with van der Waals surface area (Å²) < 4.78 is 1.11. The summed E-state index contributed by atoms with van der Waals surface area (Å²) in [7, 11) is 0. The lowest BCUT2D eigenvalue weighted by atomic mass is 10.2. The van der Waals surface area contributed by atoms with Gasteiger partial charge in [0.15, 0.2) is 5.13 Å². The first-order valence-corrected chi connectivity index (χ1v) is 8.89. The first-order valence-electron chi connectivity index (χ1n) is 7.13. The van der Waals surface area contributed by atoms with Crippen LogP contribution in [0.25, 0.3) is 10.2 Å². The Balaban J connectivity index is 1.81. The number of para-hydroxylation sites is 1. The maximum absolute atomic E-state index is 12.6. The second-order valence-electron chi connectivity index (χ2n) is 5.21. The molecule has 3 nitrogen and oxygen atoms in total. The lowest BCUT2D eigenvalue weighted by Gasteiger charge is -2.21. The number of hydrogen-bond donors (Lipinski definition) is 0. The molecule has 0 N–H and O–H groups in total. The van der Waals surface area contributed by atoms with Gasteiger partial charge in [-0.15, -0.1) is 11.8 Å². The highest BCUT2D eigenvalue weighted by Crippen LogP contribution is 2.46. The van der Waals surface area contributed by atoms with Crippen LogP contribution in [-0.2, 0) is 4.79 Å². The Morgan fingerprint density at radius 1 is 1.05 bits per heavy atom. The van der Waals surface area contributed by atoms with E-state index in [1.165, 1.54) is 0 Å². The number of fused-ring (bicyclic) bond motifs is 1. The molecular weight excluding hydrogens is 312 g/mol. The van der Waals surface area contributed by atoms with E-state index in [1.807, 2.05) is 54.3 Å². The third-order valence-corrected chi connectivity index (χ3v) is 6.11. The second-order valence-corrected chi connectivity index (χ2v) is 7.65. The van der Waals surface area contributed by atoms with Crippen LogP contribution in [0.15, 0.2) is 54.6 Å². The van der Waals surface area contributed by atoms with Crippen molar-refractivity contribution >= 4 is 44.4 Å². The summed E-state index contributed by atoms with van der Waals surface area (Å²) in [4.78, 5) is 19.2. The summed E-state index contributed by atoms with van der Waals surface area (Å²) in [5.74, 6) is 0.137. The molecule has 1 aliphatic heterocycles. The molecule has 1 saturated heterocycles. The number of thioether (sulfide) groups is 1. The monoisotopic (exact) mass is 326 g/mol. The maximum Gasteiger partial charge on any atom is 0.242 e. The van der Waals surface area contributed by atoms with Crippen LogP contribution in [0.4, 0.5) is 5.13 Å². The van der Waals surface area contributed by atoms with E-state index in [0.717, 1.165) is 20.9 Å². The number of nitrogens with zero attached hydrogens (tertiary/aromatic N) is 2.